The molecule has 1 saturated carbocycles. The molecule has 1 aliphatic carbocycles. The number of nitrogens with two attached hydrogens (primary N) is 1. The molecule has 2 aromatic rings. The van der Waals surface area contributed by atoms with Gasteiger partial charge in [-0.25, -0.2) is 9.55 Å². The van der Waals surface area contributed by atoms with Gasteiger partial charge in [-0.1, -0.05) is 26.2 Å². The van der Waals surface area contributed by atoms with E-state index in [1.807, 2.05) is 6.92 Å². The molecule has 5 atom stereocenters. The first-order valence-electron chi connectivity index (χ1n) is 9.93. The van der Waals surface area contributed by atoms with Gasteiger partial charge in [0.1, 0.15) is 18.4 Å². The van der Waals surface area contributed by atoms with Crippen LogP contribution in [0.25, 0.3) is 11.2 Å². The number of anilines is 1. The topological polar surface area (TPSA) is 144 Å². The third-order valence-electron chi connectivity index (χ3n) is 5.85. The maximum absolute atomic E-state index is 13.1. The molecule has 1 unspecified atom stereocenters. The highest BCUT2D eigenvalue weighted by atomic mass is 31.2. The Morgan fingerprint density at radius 3 is 2.93 bits per heavy atom. The Bertz CT molecular complexity index is 1020. The number of imidazole rings is 1. The van der Waals surface area contributed by atoms with Crippen LogP contribution in [0.1, 0.15) is 45.3 Å². The number of aromatic amines is 1. The van der Waals surface area contributed by atoms with Crippen molar-refractivity contribution in [2.75, 3.05) is 12.3 Å². The van der Waals surface area contributed by atoms with Crippen LogP contribution in [0.15, 0.2) is 11.1 Å². The van der Waals surface area contributed by atoms with Crippen LogP contribution < -0.4 is 11.3 Å². The van der Waals surface area contributed by atoms with Crippen molar-refractivity contribution in [2.24, 2.45) is 5.92 Å². The van der Waals surface area contributed by atoms with E-state index in [4.69, 9.17) is 24.0 Å². The fourth-order valence-corrected chi connectivity index (χ4v) is 6.08. The zero-order valence-corrected chi connectivity index (χ0v) is 16.9. The number of rotatable bonds is 3. The van der Waals surface area contributed by atoms with E-state index in [-0.39, 0.29) is 30.1 Å². The highest BCUT2D eigenvalue weighted by Gasteiger charge is 2.52. The van der Waals surface area contributed by atoms with Crippen molar-refractivity contribution < 1.29 is 22.9 Å². The lowest BCUT2D eigenvalue weighted by molar-refractivity contribution is -0.0762. The molecule has 3 fully saturated rings. The summed E-state index contributed by atoms with van der Waals surface area (Å²) in [5.74, 6) is -0.204. The van der Waals surface area contributed by atoms with Crippen molar-refractivity contribution in [3.63, 3.8) is 0 Å². The van der Waals surface area contributed by atoms with Gasteiger partial charge in [0.15, 0.2) is 11.2 Å². The molecule has 12 heteroatoms. The third kappa shape index (κ3) is 3.40. The Labute approximate surface area is 166 Å². The summed E-state index contributed by atoms with van der Waals surface area (Å²) in [4.78, 5) is 22.8. The van der Waals surface area contributed by atoms with Crippen molar-refractivity contribution in [3.8, 4) is 0 Å². The number of fused-ring (bicyclic) bond motifs is 2. The number of nitrogen functional groups attached to an aromatic ring is 1. The summed E-state index contributed by atoms with van der Waals surface area (Å²) < 4.78 is 37.9. The number of nitrogens with one attached hydrogen (secondary N) is 1. The van der Waals surface area contributed by atoms with Gasteiger partial charge in [-0.15, -0.1) is 0 Å². The van der Waals surface area contributed by atoms with Gasteiger partial charge in [0.2, 0.25) is 5.95 Å². The average molecular weight is 425 g/mol. The number of aromatic nitrogens is 4. The number of phosphoric ester groups is 1. The fourth-order valence-electron chi connectivity index (χ4n) is 4.38. The Balaban J connectivity index is 1.38. The average Bonchev–Trinajstić information content (AvgIpc) is 3.24. The van der Waals surface area contributed by atoms with Gasteiger partial charge in [-0.05, 0) is 12.8 Å². The van der Waals surface area contributed by atoms with Crippen molar-refractivity contribution in [2.45, 2.75) is 63.6 Å². The van der Waals surface area contributed by atoms with E-state index in [0.29, 0.717) is 5.65 Å². The van der Waals surface area contributed by atoms with Crippen molar-refractivity contribution in [3.05, 3.63) is 16.7 Å². The van der Waals surface area contributed by atoms with Gasteiger partial charge in [0, 0.05) is 5.92 Å². The summed E-state index contributed by atoms with van der Waals surface area (Å²) in [5, 5.41) is 0. The molecular weight excluding hydrogens is 401 g/mol. The molecule has 3 aliphatic rings. The van der Waals surface area contributed by atoms with Gasteiger partial charge in [-0.3, -0.25) is 27.9 Å². The van der Waals surface area contributed by atoms with Crippen molar-refractivity contribution in [1.29, 1.82) is 0 Å². The number of H-pyrrole nitrogens is 1. The van der Waals surface area contributed by atoms with Gasteiger partial charge >= 0.3 is 7.82 Å². The van der Waals surface area contributed by atoms with Gasteiger partial charge in [-0.2, -0.15) is 4.98 Å². The molecule has 0 radical (unpaired) electrons. The molecule has 5 rings (SSSR count). The molecule has 0 bridgehead atoms. The van der Waals surface area contributed by atoms with Crippen LogP contribution in [0.5, 0.6) is 0 Å². The van der Waals surface area contributed by atoms with Crippen LogP contribution in [0.4, 0.5) is 5.95 Å². The van der Waals surface area contributed by atoms with Crippen molar-refractivity contribution >= 4 is 24.9 Å². The lowest BCUT2D eigenvalue weighted by atomic mass is 9.98. The standard InChI is InChI=1S/C17H24N5O6P/c1-9-13-11(7-25-29(24,28-13)27-10-5-3-2-4-6-10)26-16(9)22-8-19-12-14(22)20-17(18)21-15(12)23/h8-11,13,16H,2-7H2,1H3,(H3,18,20,21,23)/t9-,11+,13-,16+,29?/m0/s1. The highest BCUT2D eigenvalue weighted by Crippen LogP contribution is 2.59. The summed E-state index contributed by atoms with van der Waals surface area (Å²) in [6.07, 6.45) is 4.99. The maximum atomic E-state index is 13.1. The van der Waals surface area contributed by atoms with E-state index >= 15 is 0 Å². The van der Waals surface area contributed by atoms with E-state index in [2.05, 4.69) is 15.0 Å². The Hall–Kier alpha value is -1.78. The highest BCUT2D eigenvalue weighted by molar-refractivity contribution is 7.48. The van der Waals surface area contributed by atoms with Crippen LogP contribution in [-0.2, 0) is 22.9 Å². The number of hydrogen-bond donors (Lipinski definition) is 2. The smallest absolute Gasteiger partial charge is 0.369 e. The third-order valence-corrected chi connectivity index (χ3v) is 7.37. The van der Waals surface area contributed by atoms with Gasteiger partial charge in [0.05, 0.1) is 19.0 Å². The molecule has 0 spiro atoms. The van der Waals surface area contributed by atoms with Gasteiger partial charge in [0.25, 0.3) is 5.56 Å². The number of nitrogens with zero attached hydrogens (tertiary/aromatic N) is 3. The predicted octanol–water partition coefficient (Wildman–Crippen LogP) is 2.11. The Morgan fingerprint density at radius 2 is 2.14 bits per heavy atom. The zero-order valence-electron chi connectivity index (χ0n) is 16.0. The molecule has 0 amide bonds. The molecular formula is C17H24N5O6P. The number of ether oxygens (including phenoxy) is 1. The van der Waals surface area contributed by atoms with Crippen LogP contribution in [-0.4, -0.2) is 44.4 Å². The van der Waals surface area contributed by atoms with E-state index in [9.17, 15) is 9.36 Å². The van der Waals surface area contributed by atoms with E-state index in [1.54, 1.807) is 4.57 Å². The molecule has 11 nitrogen and oxygen atoms in total. The molecule has 3 N–H and O–H groups in total. The minimum atomic E-state index is -3.65. The number of phosphoric acid groups is 1. The summed E-state index contributed by atoms with van der Waals surface area (Å²) >= 11 is 0. The quantitative estimate of drug-likeness (QED) is 0.707. The SMILES string of the molecule is C[C@H]1[C@@H]2OP(=O)(OC3CCCCC3)OC[C@H]2O[C@H]1n1cnc2c(=O)[nH]c(N)nc21. The fraction of sp³-hybridized carbons (Fsp3) is 0.706. The second kappa shape index (κ2) is 7.17. The van der Waals surface area contributed by atoms with Crippen LogP contribution in [0.3, 0.4) is 0 Å². The molecule has 0 aromatic carbocycles. The molecule has 2 aliphatic heterocycles. The van der Waals surface area contributed by atoms with E-state index in [0.717, 1.165) is 25.7 Å². The monoisotopic (exact) mass is 425 g/mol. The largest absolute Gasteiger partial charge is 0.475 e. The Morgan fingerprint density at radius 1 is 1.34 bits per heavy atom. The summed E-state index contributed by atoms with van der Waals surface area (Å²) in [6, 6.07) is 0. The normalized spacial score (nSPS) is 35.8. The first-order chi connectivity index (χ1) is 13.9. The van der Waals surface area contributed by atoms with Crippen LogP contribution >= 0.6 is 7.82 Å². The maximum Gasteiger partial charge on any atom is 0.475 e. The van der Waals surface area contributed by atoms with Crippen LogP contribution in [0.2, 0.25) is 0 Å². The van der Waals surface area contributed by atoms with Crippen LogP contribution in [0, 0.1) is 5.92 Å². The summed E-state index contributed by atoms with van der Waals surface area (Å²) in [6.45, 7) is 2.03. The first kappa shape index (κ1) is 19.2. The zero-order chi connectivity index (χ0) is 20.2. The molecule has 4 heterocycles. The lowest BCUT2D eigenvalue weighted by Crippen LogP contribution is -2.37. The molecule has 158 valence electrons. The van der Waals surface area contributed by atoms with E-state index in [1.165, 1.54) is 12.7 Å². The van der Waals surface area contributed by atoms with Crippen molar-refractivity contribution in [1.82, 2.24) is 19.5 Å². The number of hydrogen-bond acceptors (Lipinski definition) is 9. The predicted molar refractivity (Wildman–Crippen MR) is 102 cm³/mol. The Kier molecular flexibility index (Phi) is 4.75. The molecule has 2 saturated heterocycles. The summed E-state index contributed by atoms with van der Waals surface area (Å²) in [7, 11) is -3.65. The van der Waals surface area contributed by atoms with E-state index < -0.39 is 31.8 Å². The lowest BCUT2D eigenvalue weighted by Gasteiger charge is -2.34. The summed E-state index contributed by atoms with van der Waals surface area (Å²) in [5.41, 5.74) is 5.76. The minimum absolute atomic E-state index is 0.00252. The second-order valence-electron chi connectivity index (χ2n) is 7.88. The minimum Gasteiger partial charge on any atom is -0.369 e. The molecule has 2 aromatic heterocycles. The first-order valence-corrected chi connectivity index (χ1v) is 11.4. The van der Waals surface area contributed by atoms with Gasteiger partial charge < -0.3 is 10.5 Å². The second-order valence-corrected chi connectivity index (χ2v) is 9.45. The molecule has 29 heavy (non-hydrogen) atoms.